The number of sulfonamides is 1. The van der Waals surface area contributed by atoms with Crippen LogP contribution in [0.25, 0.3) is 0 Å². The molecule has 3 N–H and O–H groups in total. The van der Waals surface area contributed by atoms with Crippen molar-refractivity contribution in [3.8, 4) is 0 Å². The zero-order valence-corrected chi connectivity index (χ0v) is 12.1. The van der Waals surface area contributed by atoms with Crippen LogP contribution in [-0.4, -0.2) is 32.1 Å². The van der Waals surface area contributed by atoms with Gasteiger partial charge in [0.25, 0.3) is 0 Å². The Kier molecular flexibility index (Phi) is 4.21. The number of carboxylic acids is 1. The Morgan fingerprint density at radius 2 is 1.84 bits per heavy atom. The summed E-state index contributed by atoms with van der Waals surface area (Å²) in [4.78, 5) is 11.1. The second-order valence-electron chi connectivity index (χ2n) is 5.10. The summed E-state index contributed by atoms with van der Waals surface area (Å²) in [5, 5.41) is 12.2. The van der Waals surface area contributed by atoms with E-state index < -0.39 is 16.0 Å². The molecule has 1 rings (SSSR count). The van der Waals surface area contributed by atoms with Crippen LogP contribution in [-0.2, 0) is 10.0 Å². The van der Waals surface area contributed by atoms with Crippen LogP contribution in [0.2, 0.25) is 0 Å². The predicted molar refractivity (Wildman–Crippen MR) is 73.0 cm³/mol. The zero-order chi connectivity index (χ0) is 14.8. The van der Waals surface area contributed by atoms with Crippen molar-refractivity contribution in [1.82, 2.24) is 4.72 Å². The Hall–Kier alpha value is -1.60. The van der Waals surface area contributed by atoms with Gasteiger partial charge in [-0.15, -0.1) is 0 Å². The number of anilines is 1. The number of aromatic carboxylic acids is 1. The highest BCUT2D eigenvalue weighted by molar-refractivity contribution is 7.89. The van der Waals surface area contributed by atoms with Gasteiger partial charge in [-0.25, -0.2) is 17.9 Å². The largest absolute Gasteiger partial charge is 0.478 e. The minimum atomic E-state index is -3.66. The summed E-state index contributed by atoms with van der Waals surface area (Å²) in [6.45, 7) is 5.66. The lowest BCUT2D eigenvalue weighted by Crippen LogP contribution is -2.27. The average molecular weight is 286 g/mol. The highest BCUT2D eigenvalue weighted by Crippen LogP contribution is 2.23. The van der Waals surface area contributed by atoms with Crippen LogP contribution < -0.4 is 10.0 Å². The third kappa shape index (κ3) is 3.93. The first-order valence-corrected chi connectivity index (χ1v) is 7.14. The molecule has 19 heavy (non-hydrogen) atoms. The van der Waals surface area contributed by atoms with Crippen molar-refractivity contribution in [3.05, 3.63) is 23.8 Å². The first-order valence-electron chi connectivity index (χ1n) is 5.66. The molecule has 0 saturated carbocycles. The molecule has 0 aliphatic rings. The topological polar surface area (TPSA) is 95.5 Å². The maximum atomic E-state index is 11.6. The number of carbonyl (C=O) groups is 1. The SMILES string of the molecule is CNS(=O)(=O)c1ccc(NC(C)(C)C)c(C(=O)O)c1. The van der Waals surface area contributed by atoms with Crippen molar-refractivity contribution < 1.29 is 18.3 Å². The van der Waals surface area contributed by atoms with Gasteiger partial charge in [0, 0.05) is 11.2 Å². The molecule has 7 heteroatoms. The molecule has 0 spiro atoms. The van der Waals surface area contributed by atoms with Gasteiger partial charge in [0.2, 0.25) is 10.0 Å². The van der Waals surface area contributed by atoms with Crippen molar-refractivity contribution in [2.45, 2.75) is 31.2 Å². The lowest BCUT2D eigenvalue weighted by atomic mass is 10.1. The van der Waals surface area contributed by atoms with E-state index in [1.807, 2.05) is 20.8 Å². The summed E-state index contributed by atoms with van der Waals surface area (Å²) in [6.07, 6.45) is 0. The number of nitrogens with one attached hydrogen (secondary N) is 2. The Morgan fingerprint density at radius 3 is 2.26 bits per heavy atom. The fourth-order valence-electron chi connectivity index (χ4n) is 1.50. The number of hydrogen-bond acceptors (Lipinski definition) is 4. The Morgan fingerprint density at radius 1 is 1.26 bits per heavy atom. The molecule has 0 aromatic heterocycles. The molecule has 0 atom stereocenters. The first-order chi connectivity index (χ1) is 8.57. The van der Waals surface area contributed by atoms with Crippen LogP contribution in [0.3, 0.4) is 0 Å². The summed E-state index contributed by atoms with van der Waals surface area (Å²) in [6, 6.07) is 3.97. The quantitative estimate of drug-likeness (QED) is 0.779. The molecule has 0 aliphatic carbocycles. The molecule has 106 valence electrons. The maximum absolute atomic E-state index is 11.6. The molecule has 0 unspecified atom stereocenters. The van der Waals surface area contributed by atoms with Crippen LogP contribution in [0.15, 0.2) is 23.1 Å². The summed E-state index contributed by atoms with van der Waals surface area (Å²) >= 11 is 0. The molecule has 1 aromatic carbocycles. The monoisotopic (exact) mass is 286 g/mol. The zero-order valence-electron chi connectivity index (χ0n) is 11.3. The normalized spacial score (nSPS) is 12.2. The molecule has 0 heterocycles. The number of hydrogen-bond donors (Lipinski definition) is 3. The second-order valence-corrected chi connectivity index (χ2v) is 6.98. The van der Waals surface area contributed by atoms with E-state index in [0.29, 0.717) is 5.69 Å². The van der Waals surface area contributed by atoms with Gasteiger partial charge < -0.3 is 10.4 Å². The van der Waals surface area contributed by atoms with E-state index in [2.05, 4.69) is 10.0 Å². The number of benzene rings is 1. The highest BCUT2D eigenvalue weighted by Gasteiger charge is 2.20. The van der Waals surface area contributed by atoms with E-state index in [1.54, 1.807) is 0 Å². The van der Waals surface area contributed by atoms with Crippen molar-refractivity contribution in [2.75, 3.05) is 12.4 Å². The van der Waals surface area contributed by atoms with Crippen LogP contribution >= 0.6 is 0 Å². The third-order valence-corrected chi connectivity index (χ3v) is 3.72. The van der Waals surface area contributed by atoms with E-state index in [0.717, 1.165) is 6.07 Å². The molecule has 0 radical (unpaired) electrons. The van der Waals surface area contributed by atoms with Gasteiger partial charge in [0.05, 0.1) is 10.5 Å². The van der Waals surface area contributed by atoms with Gasteiger partial charge in [-0.2, -0.15) is 0 Å². The molecular weight excluding hydrogens is 268 g/mol. The van der Waals surface area contributed by atoms with E-state index in [1.165, 1.54) is 19.2 Å². The Bertz CT molecular complexity index is 588. The van der Waals surface area contributed by atoms with E-state index >= 15 is 0 Å². The standard InChI is InChI=1S/C12H18N2O4S/c1-12(2,3)14-10-6-5-8(19(17,18)13-4)7-9(10)11(15)16/h5-7,13-14H,1-4H3,(H,15,16). The Labute approximate surface area is 112 Å². The summed E-state index contributed by atoms with van der Waals surface area (Å²) in [5.74, 6) is -1.18. The van der Waals surface area contributed by atoms with Gasteiger partial charge >= 0.3 is 5.97 Å². The van der Waals surface area contributed by atoms with Crippen molar-refractivity contribution >= 4 is 21.7 Å². The molecular formula is C12H18N2O4S. The van der Waals surface area contributed by atoms with E-state index in [4.69, 9.17) is 0 Å². The van der Waals surface area contributed by atoms with E-state index in [9.17, 15) is 18.3 Å². The molecule has 1 aromatic rings. The number of carboxylic acid groups (broad SMARTS) is 1. The minimum Gasteiger partial charge on any atom is -0.478 e. The molecule has 0 amide bonds. The van der Waals surface area contributed by atoms with Crippen LogP contribution in [0.1, 0.15) is 31.1 Å². The van der Waals surface area contributed by atoms with Crippen molar-refractivity contribution in [3.63, 3.8) is 0 Å². The summed E-state index contributed by atoms with van der Waals surface area (Å²) in [7, 11) is -2.38. The first kappa shape index (κ1) is 15.5. The Balaban J connectivity index is 3.35. The van der Waals surface area contributed by atoms with Gasteiger partial charge in [-0.3, -0.25) is 0 Å². The fourth-order valence-corrected chi connectivity index (χ4v) is 2.25. The third-order valence-electron chi connectivity index (χ3n) is 2.31. The summed E-state index contributed by atoms with van der Waals surface area (Å²) < 4.78 is 25.4. The molecule has 0 bridgehead atoms. The van der Waals surface area contributed by atoms with Crippen molar-refractivity contribution in [1.29, 1.82) is 0 Å². The lowest BCUT2D eigenvalue weighted by Gasteiger charge is -2.23. The van der Waals surface area contributed by atoms with Crippen LogP contribution in [0, 0.1) is 0 Å². The van der Waals surface area contributed by atoms with E-state index in [-0.39, 0.29) is 16.0 Å². The summed E-state index contributed by atoms with van der Waals surface area (Å²) in [5.41, 5.74) is -0.0190. The second kappa shape index (κ2) is 5.18. The maximum Gasteiger partial charge on any atom is 0.337 e. The smallest absolute Gasteiger partial charge is 0.337 e. The predicted octanol–water partition coefficient (Wildman–Crippen LogP) is 1.50. The lowest BCUT2D eigenvalue weighted by molar-refractivity contribution is 0.0697. The van der Waals surface area contributed by atoms with Gasteiger partial charge in [0.1, 0.15) is 0 Å². The molecule has 0 fully saturated rings. The minimum absolute atomic E-state index is 0.0770. The average Bonchev–Trinajstić information content (AvgIpc) is 2.26. The number of rotatable bonds is 4. The molecule has 6 nitrogen and oxygen atoms in total. The van der Waals surface area contributed by atoms with Gasteiger partial charge in [-0.05, 0) is 46.0 Å². The highest BCUT2D eigenvalue weighted by atomic mass is 32.2. The molecule has 0 saturated heterocycles. The van der Waals surface area contributed by atoms with Gasteiger partial charge in [-0.1, -0.05) is 0 Å². The fraction of sp³-hybridized carbons (Fsp3) is 0.417. The van der Waals surface area contributed by atoms with Crippen molar-refractivity contribution in [2.24, 2.45) is 0 Å². The van der Waals surface area contributed by atoms with Crippen LogP contribution in [0.4, 0.5) is 5.69 Å². The van der Waals surface area contributed by atoms with Crippen LogP contribution in [0.5, 0.6) is 0 Å². The molecule has 0 aliphatic heterocycles. The van der Waals surface area contributed by atoms with Gasteiger partial charge in [0.15, 0.2) is 0 Å².